The number of ether oxygens (including phenoxy) is 2. The summed E-state index contributed by atoms with van der Waals surface area (Å²) in [6, 6.07) is 7.96. The van der Waals surface area contributed by atoms with Crippen LogP contribution in [0.4, 0.5) is 19.0 Å². The summed E-state index contributed by atoms with van der Waals surface area (Å²) in [5.74, 6) is 1.56. The van der Waals surface area contributed by atoms with Crippen molar-refractivity contribution in [2.45, 2.75) is 37.4 Å². The molecule has 0 amide bonds. The van der Waals surface area contributed by atoms with E-state index in [1.165, 1.54) is 6.07 Å². The van der Waals surface area contributed by atoms with E-state index in [4.69, 9.17) is 15.9 Å². The van der Waals surface area contributed by atoms with Crippen LogP contribution in [0, 0.1) is 24.0 Å². The van der Waals surface area contributed by atoms with E-state index >= 15 is 4.39 Å². The fourth-order valence-electron chi connectivity index (χ4n) is 6.86. The Morgan fingerprint density at radius 2 is 2.02 bits per heavy atom. The topological polar surface area (TPSA) is 83.8 Å². The Morgan fingerprint density at radius 3 is 2.86 bits per heavy atom. The lowest BCUT2D eigenvalue weighted by Gasteiger charge is -2.31. The van der Waals surface area contributed by atoms with Crippen LogP contribution >= 0.6 is 0 Å². The largest absolute Gasteiger partial charge is 0.475 e. The van der Waals surface area contributed by atoms with E-state index in [1.807, 2.05) is 4.90 Å². The van der Waals surface area contributed by atoms with Gasteiger partial charge in [-0.1, -0.05) is 30.2 Å². The van der Waals surface area contributed by atoms with Gasteiger partial charge < -0.3 is 19.5 Å². The molecule has 2 aromatic heterocycles. The molecule has 0 saturated carbocycles. The van der Waals surface area contributed by atoms with Crippen molar-refractivity contribution in [3.05, 3.63) is 47.5 Å². The second-order valence-electron chi connectivity index (χ2n) is 11.4. The van der Waals surface area contributed by atoms with Gasteiger partial charge in [-0.15, -0.1) is 6.42 Å². The fourth-order valence-corrected chi connectivity index (χ4v) is 6.86. The molecule has 0 aliphatic carbocycles. The third-order valence-electron chi connectivity index (χ3n) is 8.82. The number of hydrogen-bond acceptors (Lipinski definition) is 8. The number of aromatic nitrogens is 3. The summed E-state index contributed by atoms with van der Waals surface area (Å²) in [5, 5.41) is 10.8. The zero-order chi connectivity index (χ0) is 29.7. The molecule has 8 nitrogen and oxygen atoms in total. The Bertz CT molecular complexity index is 1780. The first kappa shape index (κ1) is 27.7. The Morgan fingerprint density at radius 1 is 1.14 bits per heavy atom. The predicted octanol–water partition coefficient (Wildman–Crippen LogP) is 4.64. The van der Waals surface area contributed by atoms with Gasteiger partial charge in [0.15, 0.2) is 5.82 Å². The maximum absolute atomic E-state index is 16.7. The first-order valence-electron chi connectivity index (χ1n) is 14.5. The van der Waals surface area contributed by atoms with Crippen molar-refractivity contribution in [2.24, 2.45) is 0 Å². The van der Waals surface area contributed by atoms with Crippen LogP contribution in [0.15, 0.2) is 30.3 Å². The first-order valence-corrected chi connectivity index (χ1v) is 14.5. The number of nitrogens with zero attached hydrogens (tertiary/aromatic N) is 5. The van der Waals surface area contributed by atoms with Crippen LogP contribution in [-0.2, 0) is 0 Å². The van der Waals surface area contributed by atoms with Crippen LogP contribution in [0.3, 0.4) is 0 Å². The van der Waals surface area contributed by atoms with Crippen molar-refractivity contribution in [3.8, 4) is 35.5 Å². The molecule has 5 heterocycles. The number of aliphatic hydroxyl groups is 1. The molecule has 0 bridgehead atoms. The van der Waals surface area contributed by atoms with Crippen molar-refractivity contribution < 1.29 is 27.8 Å². The minimum Gasteiger partial charge on any atom is -0.475 e. The lowest BCUT2D eigenvalue weighted by molar-refractivity contribution is 0.107. The zero-order valence-corrected chi connectivity index (χ0v) is 23.5. The van der Waals surface area contributed by atoms with Crippen LogP contribution < -0.4 is 14.4 Å². The van der Waals surface area contributed by atoms with Gasteiger partial charge >= 0.3 is 6.01 Å². The maximum atomic E-state index is 16.7. The number of aliphatic hydroxyl groups excluding tert-OH is 1. The van der Waals surface area contributed by atoms with E-state index in [0.717, 1.165) is 19.4 Å². The van der Waals surface area contributed by atoms with Gasteiger partial charge in [0, 0.05) is 37.1 Å². The molecule has 0 unspecified atom stereocenters. The summed E-state index contributed by atoms with van der Waals surface area (Å²) in [7, 11) is 0. The highest BCUT2D eigenvalue weighted by molar-refractivity contribution is 6.03. The number of terminal acetylenes is 1. The highest BCUT2D eigenvalue weighted by Gasteiger charge is 2.49. The Balaban J connectivity index is 1.41. The quantitative estimate of drug-likeness (QED) is 0.312. The van der Waals surface area contributed by atoms with Crippen molar-refractivity contribution in [2.75, 3.05) is 50.9 Å². The molecule has 2 fully saturated rings. The van der Waals surface area contributed by atoms with Crippen LogP contribution in [0.25, 0.3) is 32.9 Å². The second-order valence-corrected chi connectivity index (χ2v) is 11.4. The minimum absolute atomic E-state index is 0.00636. The van der Waals surface area contributed by atoms with E-state index in [0.29, 0.717) is 54.6 Å². The normalized spacial score (nSPS) is 21.6. The predicted molar refractivity (Wildman–Crippen MR) is 156 cm³/mol. The molecular weight excluding hydrogens is 559 g/mol. The summed E-state index contributed by atoms with van der Waals surface area (Å²) in [5.41, 5.74) is -0.300. The van der Waals surface area contributed by atoms with Crippen molar-refractivity contribution in [1.29, 1.82) is 0 Å². The highest BCUT2D eigenvalue weighted by atomic mass is 19.1. The molecule has 3 aliphatic rings. The molecule has 1 N–H and O–H groups in total. The molecule has 222 valence electrons. The minimum atomic E-state index is -0.927. The van der Waals surface area contributed by atoms with Gasteiger partial charge in [-0.3, -0.25) is 4.90 Å². The van der Waals surface area contributed by atoms with Gasteiger partial charge in [-0.2, -0.15) is 9.97 Å². The average Bonchev–Trinajstić information content (AvgIpc) is 3.47. The molecule has 11 heteroatoms. The number of rotatable bonds is 7. The average molecular weight is 590 g/mol. The summed E-state index contributed by atoms with van der Waals surface area (Å²) in [6.45, 7) is 2.37. The maximum Gasteiger partial charge on any atom is 0.319 e. The molecule has 2 aromatic carbocycles. The van der Waals surface area contributed by atoms with E-state index < -0.39 is 23.3 Å². The number of anilines is 1. The molecule has 4 aromatic rings. The van der Waals surface area contributed by atoms with E-state index in [1.54, 1.807) is 24.3 Å². The third-order valence-corrected chi connectivity index (χ3v) is 8.82. The summed E-state index contributed by atoms with van der Waals surface area (Å²) in [6.07, 6.45) is 7.33. The Hall–Kier alpha value is -4.14. The van der Waals surface area contributed by atoms with E-state index in [-0.39, 0.29) is 53.9 Å². The SMILES string of the molecule is C#Cc1c(F)ccc2cccc(-c3nc4c5c(nc(OC[C@@]67CCCN6C[C@H](F)C7)nc5c3F)N(CCCO)CCO4)c12. The van der Waals surface area contributed by atoms with Gasteiger partial charge in [0.25, 0.3) is 0 Å². The molecule has 2 saturated heterocycles. The summed E-state index contributed by atoms with van der Waals surface area (Å²) in [4.78, 5) is 17.8. The first-order chi connectivity index (χ1) is 20.9. The number of pyridine rings is 1. The lowest BCUT2D eigenvalue weighted by atomic mass is 9.95. The van der Waals surface area contributed by atoms with Crippen molar-refractivity contribution >= 4 is 27.5 Å². The highest BCUT2D eigenvalue weighted by Crippen LogP contribution is 2.43. The van der Waals surface area contributed by atoms with Crippen LogP contribution in [0.5, 0.6) is 11.9 Å². The number of hydrogen-bond donors (Lipinski definition) is 1. The Labute approximate surface area is 246 Å². The molecule has 0 spiro atoms. The number of benzene rings is 2. The monoisotopic (exact) mass is 589 g/mol. The van der Waals surface area contributed by atoms with Gasteiger partial charge in [-0.25, -0.2) is 18.2 Å². The molecule has 7 rings (SSSR count). The van der Waals surface area contributed by atoms with Gasteiger partial charge in [-0.05, 0) is 37.3 Å². The molecule has 2 atom stereocenters. The summed E-state index contributed by atoms with van der Waals surface area (Å²) >= 11 is 0. The summed E-state index contributed by atoms with van der Waals surface area (Å²) < 4.78 is 58.1. The number of halogens is 3. The number of alkyl halides is 1. The Kier molecular flexibility index (Phi) is 6.98. The fraction of sp³-hybridized carbons (Fsp3) is 0.406. The van der Waals surface area contributed by atoms with E-state index in [9.17, 15) is 13.9 Å². The lowest BCUT2D eigenvalue weighted by Crippen LogP contribution is -2.43. The van der Waals surface area contributed by atoms with Crippen LogP contribution in [0.2, 0.25) is 0 Å². The number of fused-ring (bicyclic) bond motifs is 2. The van der Waals surface area contributed by atoms with Gasteiger partial charge in [0.2, 0.25) is 5.88 Å². The zero-order valence-electron chi connectivity index (χ0n) is 23.5. The second kappa shape index (κ2) is 10.8. The molecule has 43 heavy (non-hydrogen) atoms. The molecule has 3 aliphatic heterocycles. The smallest absolute Gasteiger partial charge is 0.319 e. The van der Waals surface area contributed by atoms with Gasteiger partial charge in [0.1, 0.15) is 47.6 Å². The van der Waals surface area contributed by atoms with Crippen LogP contribution in [0.1, 0.15) is 31.2 Å². The third kappa shape index (κ3) is 4.60. The van der Waals surface area contributed by atoms with Crippen LogP contribution in [-0.4, -0.2) is 82.7 Å². The standard InChI is InChI=1S/C32H30F3N5O3/c1-2-21-23(34)9-8-19-6-3-7-22(24(19)21)27-26(35)28-25-29(39(11-5-14-41)13-15-42-30(25)36-27)38-31(37-28)43-18-32-10-4-12-40(32)17-20(33)16-32/h1,3,6-9,20,41H,4-5,10-18H2/t20-,32+/m1/s1. The molecular formula is C32H30F3N5O3. The van der Waals surface area contributed by atoms with E-state index in [2.05, 4.69) is 25.8 Å². The van der Waals surface area contributed by atoms with Crippen molar-refractivity contribution in [1.82, 2.24) is 19.9 Å². The molecule has 0 radical (unpaired) electrons. The van der Waals surface area contributed by atoms with Gasteiger partial charge in [0.05, 0.1) is 17.6 Å². The van der Waals surface area contributed by atoms with Crippen molar-refractivity contribution in [3.63, 3.8) is 0 Å².